The van der Waals surface area contributed by atoms with Crippen molar-refractivity contribution in [1.82, 2.24) is 37.2 Å². The minimum atomic E-state index is -1.14. The number of carbonyl (C=O) groups excluding carboxylic acids is 8. The Kier molecular flexibility index (Phi) is 19.1. The molecule has 1 saturated heterocycles. The molecule has 1 aliphatic heterocycles. The van der Waals surface area contributed by atoms with Gasteiger partial charge in [0.1, 0.15) is 30.2 Å². The molecule has 1 fully saturated rings. The number of hydrogen-bond donors (Lipinski definition) is 10. The Bertz CT molecular complexity index is 1530. The fourth-order valence-electron chi connectivity index (χ4n) is 5.66. The van der Waals surface area contributed by atoms with E-state index in [9.17, 15) is 38.4 Å². The van der Waals surface area contributed by atoms with Crippen LogP contribution in [0.4, 0.5) is 0 Å². The molecule has 1 aromatic rings. The standard InChI is InChI=1S/C36H57N11O8/c1-20(2)15-26(46-35(55)27(16-21(3)4)47-34(54)24-12-13-28(48)43-24)32(52)42-18-29(49)41-19-30(50)44-23(11-8-14-40-36(38)39)33(53)45-25(31(37)51)17-22-9-6-5-7-10-22/h5-7,9-10,20-21,23-27H,8,11-19H2,1-4H3,(H2,37,51)(H,41,49)(H,42,52)(H,43,48)(H,44,50)(H,45,53)(H,46,55)(H,47,54)(H4,38,39,40). The summed E-state index contributed by atoms with van der Waals surface area (Å²) in [5, 5.41) is 17.9. The van der Waals surface area contributed by atoms with Gasteiger partial charge in [0.05, 0.1) is 13.1 Å². The predicted octanol–water partition coefficient (Wildman–Crippen LogP) is -2.69. The van der Waals surface area contributed by atoms with E-state index >= 15 is 0 Å². The van der Waals surface area contributed by atoms with Crippen molar-refractivity contribution < 1.29 is 38.4 Å². The van der Waals surface area contributed by atoms with Crippen molar-refractivity contribution in [2.75, 3.05) is 19.6 Å². The third kappa shape index (κ3) is 17.8. The number of guanidine groups is 1. The molecule has 0 aliphatic carbocycles. The van der Waals surface area contributed by atoms with Gasteiger partial charge in [-0.2, -0.15) is 0 Å². The molecule has 5 atom stereocenters. The van der Waals surface area contributed by atoms with Crippen LogP contribution in [-0.4, -0.2) is 103 Å². The number of carbonyl (C=O) groups is 8. The van der Waals surface area contributed by atoms with Gasteiger partial charge in [0.25, 0.3) is 0 Å². The zero-order valence-corrected chi connectivity index (χ0v) is 31.9. The molecule has 1 aliphatic rings. The molecule has 304 valence electrons. The average molecular weight is 772 g/mol. The fraction of sp³-hybridized carbons (Fsp3) is 0.583. The first-order valence-corrected chi connectivity index (χ1v) is 18.4. The van der Waals surface area contributed by atoms with E-state index < -0.39 is 84.6 Å². The number of rotatable bonds is 23. The lowest BCUT2D eigenvalue weighted by Crippen LogP contribution is -2.57. The summed E-state index contributed by atoms with van der Waals surface area (Å²) in [7, 11) is 0. The van der Waals surface area contributed by atoms with Crippen LogP contribution in [0.15, 0.2) is 35.3 Å². The second-order valence-corrected chi connectivity index (χ2v) is 14.3. The van der Waals surface area contributed by atoms with Crippen molar-refractivity contribution in [3.05, 3.63) is 35.9 Å². The SMILES string of the molecule is CC(C)CC(NC(=O)C(CC(C)C)NC(=O)C1CCC(=O)N1)C(=O)NCC(=O)NCC(=O)NC(CCCN=C(N)N)C(=O)NC(Cc1ccccc1)C(N)=O. The van der Waals surface area contributed by atoms with Crippen LogP contribution in [0, 0.1) is 11.8 Å². The van der Waals surface area contributed by atoms with Crippen LogP contribution in [0.5, 0.6) is 0 Å². The zero-order valence-electron chi connectivity index (χ0n) is 31.9. The molecule has 0 saturated carbocycles. The van der Waals surface area contributed by atoms with Crippen LogP contribution in [0.2, 0.25) is 0 Å². The van der Waals surface area contributed by atoms with Gasteiger partial charge in [0, 0.05) is 19.4 Å². The number of nitrogens with zero attached hydrogens (tertiary/aromatic N) is 1. The third-order valence-electron chi connectivity index (χ3n) is 8.40. The Morgan fingerprint density at radius 2 is 1.33 bits per heavy atom. The number of amides is 8. The third-order valence-corrected chi connectivity index (χ3v) is 8.40. The summed E-state index contributed by atoms with van der Waals surface area (Å²) in [6.07, 6.45) is 1.50. The molecule has 13 N–H and O–H groups in total. The van der Waals surface area contributed by atoms with Gasteiger partial charge >= 0.3 is 0 Å². The van der Waals surface area contributed by atoms with E-state index in [0.29, 0.717) is 6.42 Å². The van der Waals surface area contributed by atoms with E-state index in [1.807, 2.05) is 27.7 Å². The molecular weight excluding hydrogens is 714 g/mol. The predicted molar refractivity (Wildman–Crippen MR) is 203 cm³/mol. The van der Waals surface area contributed by atoms with Gasteiger partial charge in [-0.15, -0.1) is 0 Å². The second-order valence-electron chi connectivity index (χ2n) is 14.3. The summed E-state index contributed by atoms with van der Waals surface area (Å²) >= 11 is 0. The minimum Gasteiger partial charge on any atom is -0.370 e. The van der Waals surface area contributed by atoms with Crippen molar-refractivity contribution >= 4 is 53.2 Å². The van der Waals surface area contributed by atoms with Crippen molar-refractivity contribution in [3.8, 4) is 0 Å². The van der Waals surface area contributed by atoms with Crippen LogP contribution >= 0.6 is 0 Å². The van der Waals surface area contributed by atoms with Gasteiger partial charge in [-0.25, -0.2) is 0 Å². The maximum Gasteiger partial charge on any atom is 0.243 e. The molecule has 19 nitrogen and oxygen atoms in total. The van der Waals surface area contributed by atoms with E-state index in [4.69, 9.17) is 17.2 Å². The van der Waals surface area contributed by atoms with Crippen LogP contribution in [0.25, 0.3) is 0 Å². The fourth-order valence-corrected chi connectivity index (χ4v) is 5.66. The molecule has 55 heavy (non-hydrogen) atoms. The molecule has 1 aromatic carbocycles. The monoisotopic (exact) mass is 771 g/mol. The number of nitrogens with one attached hydrogen (secondary N) is 7. The minimum absolute atomic E-state index is 0.00791. The second kappa shape index (κ2) is 23.1. The molecule has 8 amide bonds. The molecule has 0 bridgehead atoms. The molecule has 0 aromatic heterocycles. The summed E-state index contributed by atoms with van der Waals surface area (Å²) in [4.78, 5) is 106. The lowest BCUT2D eigenvalue weighted by Gasteiger charge is -2.26. The normalized spacial score (nSPS) is 15.7. The van der Waals surface area contributed by atoms with E-state index in [2.05, 4.69) is 42.2 Å². The van der Waals surface area contributed by atoms with E-state index in [0.717, 1.165) is 5.56 Å². The van der Waals surface area contributed by atoms with Crippen LogP contribution < -0.4 is 54.4 Å². The quantitative estimate of drug-likeness (QED) is 0.0312. The van der Waals surface area contributed by atoms with Crippen LogP contribution in [-0.2, 0) is 44.8 Å². The smallest absolute Gasteiger partial charge is 0.243 e. The van der Waals surface area contributed by atoms with Gasteiger partial charge in [0.2, 0.25) is 47.3 Å². The Morgan fingerprint density at radius 3 is 1.89 bits per heavy atom. The van der Waals surface area contributed by atoms with Gasteiger partial charge in [0.15, 0.2) is 5.96 Å². The Morgan fingerprint density at radius 1 is 0.745 bits per heavy atom. The Hall–Kier alpha value is -5.75. The molecule has 0 radical (unpaired) electrons. The highest BCUT2D eigenvalue weighted by atomic mass is 16.2. The summed E-state index contributed by atoms with van der Waals surface area (Å²) in [6.45, 7) is 6.51. The van der Waals surface area contributed by atoms with Crippen molar-refractivity contribution in [1.29, 1.82) is 0 Å². The highest BCUT2D eigenvalue weighted by Gasteiger charge is 2.33. The van der Waals surface area contributed by atoms with Gasteiger partial charge in [-0.3, -0.25) is 43.3 Å². The Balaban J connectivity index is 1.99. The topological polar surface area (TPSA) is 311 Å². The first kappa shape index (κ1) is 45.4. The molecule has 0 spiro atoms. The summed E-state index contributed by atoms with van der Waals surface area (Å²) in [5.74, 6) is -5.09. The van der Waals surface area contributed by atoms with Crippen LogP contribution in [0.3, 0.4) is 0 Å². The first-order chi connectivity index (χ1) is 25.9. The van der Waals surface area contributed by atoms with Gasteiger partial charge < -0.3 is 54.4 Å². The largest absolute Gasteiger partial charge is 0.370 e. The number of hydrogen-bond acceptors (Lipinski definition) is 9. The number of benzene rings is 1. The summed E-state index contributed by atoms with van der Waals surface area (Å²) in [5.41, 5.74) is 17.1. The first-order valence-electron chi connectivity index (χ1n) is 18.4. The highest BCUT2D eigenvalue weighted by Crippen LogP contribution is 2.12. The van der Waals surface area contributed by atoms with Gasteiger partial charge in [-0.05, 0) is 49.5 Å². The molecular formula is C36H57N11O8. The van der Waals surface area contributed by atoms with E-state index in [-0.39, 0.29) is 68.8 Å². The highest BCUT2D eigenvalue weighted by molar-refractivity contribution is 5.96. The lowest BCUT2D eigenvalue weighted by molar-refractivity contribution is -0.134. The van der Waals surface area contributed by atoms with Crippen molar-refractivity contribution in [2.45, 2.75) is 103 Å². The van der Waals surface area contributed by atoms with Crippen LogP contribution in [0.1, 0.15) is 71.8 Å². The maximum atomic E-state index is 13.3. The van der Waals surface area contributed by atoms with E-state index in [1.54, 1.807) is 30.3 Å². The Labute approximate surface area is 320 Å². The number of nitrogens with two attached hydrogens (primary N) is 3. The zero-order chi connectivity index (χ0) is 41.1. The van der Waals surface area contributed by atoms with Crippen molar-refractivity contribution in [2.24, 2.45) is 34.0 Å². The molecule has 19 heteroatoms. The number of primary amides is 1. The lowest BCUT2D eigenvalue weighted by atomic mass is 9.99. The maximum absolute atomic E-state index is 13.3. The molecule has 1 heterocycles. The molecule has 5 unspecified atom stereocenters. The molecule has 2 rings (SSSR count). The average Bonchev–Trinajstić information content (AvgIpc) is 3.56. The summed E-state index contributed by atoms with van der Waals surface area (Å²) < 4.78 is 0. The number of aliphatic imine (C=N–C) groups is 1. The van der Waals surface area contributed by atoms with E-state index in [1.165, 1.54) is 0 Å². The summed E-state index contributed by atoms with van der Waals surface area (Å²) in [6, 6.07) is 3.92. The van der Waals surface area contributed by atoms with Crippen molar-refractivity contribution in [3.63, 3.8) is 0 Å². The van der Waals surface area contributed by atoms with Gasteiger partial charge in [-0.1, -0.05) is 58.0 Å².